The second kappa shape index (κ2) is 1.85. The highest BCUT2D eigenvalue weighted by atomic mass is 28.3. The molecule has 0 aliphatic carbocycles. The zero-order valence-electron chi connectivity index (χ0n) is 5.90. The van der Waals surface area contributed by atoms with E-state index in [9.17, 15) is 0 Å². The van der Waals surface area contributed by atoms with Gasteiger partial charge in [0.25, 0.3) is 0 Å². The molecule has 1 aliphatic rings. The molecule has 48 valence electrons. The van der Waals surface area contributed by atoms with Gasteiger partial charge in [0.15, 0.2) is 0 Å². The molecule has 1 rings (SSSR count). The summed E-state index contributed by atoms with van der Waals surface area (Å²) in [4.78, 5) is 0. The summed E-state index contributed by atoms with van der Waals surface area (Å²) in [5.74, 6) is 0. The molecular weight excluding hydrogens is 116 g/mol. The Hall–Kier alpha value is 0.177. The Morgan fingerprint density at radius 1 is 1.50 bits per heavy atom. The second-order valence-corrected chi connectivity index (χ2v) is 9.25. The fraction of sp³-hybridized carbons (Fsp3) is 1.00. The predicted molar refractivity (Wildman–Crippen MR) is 37.9 cm³/mol. The molecule has 1 nitrogen and oxygen atoms in total. The summed E-state index contributed by atoms with van der Waals surface area (Å²) in [6, 6.07) is 1.35. The molecule has 0 amide bonds. The van der Waals surface area contributed by atoms with Gasteiger partial charge >= 0.3 is 0 Å². The van der Waals surface area contributed by atoms with Crippen LogP contribution in [0.5, 0.6) is 0 Å². The Morgan fingerprint density at radius 2 is 2.00 bits per heavy atom. The summed E-state index contributed by atoms with van der Waals surface area (Å²) in [7, 11) is -0.783. The minimum Gasteiger partial charge on any atom is -0.373 e. The molecule has 0 aromatic carbocycles. The van der Waals surface area contributed by atoms with Crippen LogP contribution in [0.15, 0.2) is 0 Å². The van der Waals surface area contributed by atoms with Crippen LogP contribution >= 0.6 is 0 Å². The Balaban J connectivity index is 2.16. The first-order valence-corrected chi connectivity index (χ1v) is 6.90. The van der Waals surface area contributed by atoms with Crippen LogP contribution in [0.4, 0.5) is 0 Å². The fourth-order valence-corrected chi connectivity index (χ4v) is 2.47. The smallest absolute Gasteiger partial charge is 0.0786 e. The molecule has 1 fully saturated rings. The first-order valence-electron chi connectivity index (χ1n) is 3.19. The highest BCUT2D eigenvalue weighted by Gasteiger charge is 2.28. The summed E-state index contributed by atoms with van der Waals surface area (Å²) >= 11 is 0. The summed E-state index contributed by atoms with van der Waals surface area (Å²) in [5, 5.41) is 0. The van der Waals surface area contributed by atoms with Gasteiger partial charge in [0, 0.05) is 8.07 Å². The van der Waals surface area contributed by atoms with Crippen LogP contribution in [0.25, 0.3) is 0 Å². The maximum atomic E-state index is 5.12. The van der Waals surface area contributed by atoms with Crippen molar-refractivity contribution in [1.82, 2.24) is 0 Å². The Labute approximate surface area is 52.1 Å². The maximum Gasteiger partial charge on any atom is 0.0786 e. The van der Waals surface area contributed by atoms with Gasteiger partial charge in [0.05, 0.1) is 12.7 Å². The van der Waals surface area contributed by atoms with Crippen LogP contribution in [-0.4, -0.2) is 20.8 Å². The van der Waals surface area contributed by atoms with E-state index in [1.54, 1.807) is 0 Å². The van der Waals surface area contributed by atoms with E-state index < -0.39 is 8.07 Å². The van der Waals surface area contributed by atoms with Crippen LogP contribution in [0.3, 0.4) is 0 Å². The highest BCUT2D eigenvalue weighted by molar-refractivity contribution is 6.76. The second-order valence-electron chi connectivity index (χ2n) is 3.72. The fourth-order valence-electron chi connectivity index (χ4n) is 0.869. The third-order valence-corrected chi connectivity index (χ3v) is 2.92. The van der Waals surface area contributed by atoms with Crippen LogP contribution in [-0.2, 0) is 4.74 Å². The highest BCUT2D eigenvalue weighted by Crippen LogP contribution is 2.21. The van der Waals surface area contributed by atoms with Crippen molar-refractivity contribution in [2.24, 2.45) is 0 Å². The van der Waals surface area contributed by atoms with Gasteiger partial charge in [-0.1, -0.05) is 19.6 Å². The van der Waals surface area contributed by atoms with E-state index in [1.165, 1.54) is 6.04 Å². The normalized spacial score (nSPS) is 28.1. The zero-order valence-corrected chi connectivity index (χ0v) is 6.90. The Kier molecular flexibility index (Phi) is 1.45. The lowest BCUT2D eigenvalue weighted by Gasteiger charge is -2.12. The monoisotopic (exact) mass is 130 g/mol. The minimum absolute atomic E-state index is 0.654. The quantitative estimate of drug-likeness (QED) is 0.409. The van der Waals surface area contributed by atoms with Crippen molar-refractivity contribution < 1.29 is 4.74 Å². The lowest BCUT2D eigenvalue weighted by molar-refractivity contribution is 0.421. The molecule has 1 saturated heterocycles. The van der Waals surface area contributed by atoms with Gasteiger partial charge in [0.1, 0.15) is 0 Å². The summed E-state index contributed by atoms with van der Waals surface area (Å²) in [5.41, 5.74) is 0. The summed E-state index contributed by atoms with van der Waals surface area (Å²) in [6.07, 6.45) is 0.654. The van der Waals surface area contributed by atoms with Gasteiger partial charge in [-0.15, -0.1) is 0 Å². The lowest BCUT2D eigenvalue weighted by Crippen LogP contribution is -2.21. The number of hydrogen-bond acceptors (Lipinski definition) is 1. The van der Waals surface area contributed by atoms with Gasteiger partial charge in [-0.2, -0.15) is 0 Å². The molecule has 1 heterocycles. The molecule has 0 bridgehead atoms. The van der Waals surface area contributed by atoms with Crippen LogP contribution < -0.4 is 0 Å². The number of ether oxygens (including phenoxy) is 1. The average Bonchev–Trinajstić information content (AvgIpc) is 2.12. The van der Waals surface area contributed by atoms with Gasteiger partial charge < -0.3 is 4.74 Å². The van der Waals surface area contributed by atoms with Crippen molar-refractivity contribution in [1.29, 1.82) is 0 Å². The van der Waals surface area contributed by atoms with E-state index in [0.717, 1.165) is 6.61 Å². The molecule has 0 aromatic rings. The van der Waals surface area contributed by atoms with Crippen LogP contribution in [0.2, 0.25) is 25.7 Å². The SMILES string of the molecule is C[Si](C)(C)CC1CO1. The Morgan fingerprint density at radius 3 is 2.12 bits per heavy atom. The molecule has 8 heavy (non-hydrogen) atoms. The van der Waals surface area contributed by atoms with E-state index >= 15 is 0 Å². The molecule has 1 atom stereocenters. The maximum absolute atomic E-state index is 5.12. The van der Waals surface area contributed by atoms with Crippen molar-refractivity contribution >= 4 is 8.07 Å². The van der Waals surface area contributed by atoms with Crippen molar-refractivity contribution in [2.45, 2.75) is 31.8 Å². The van der Waals surface area contributed by atoms with Crippen molar-refractivity contribution in [3.8, 4) is 0 Å². The topological polar surface area (TPSA) is 12.5 Å². The van der Waals surface area contributed by atoms with Gasteiger partial charge in [0.2, 0.25) is 0 Å². The summed E-state index contributed by atoms with van der Waals surface area (Å²) < 4.78 is 5.12. The van der Waals surface area contributed by atoms with Gasteiger partial charge in [-0.25, -0.2) is 0 Å². The Bertz CT molecular complexity index is 81.0. The van der Waals surface area contributed by atoms with E-state index in [0.29, 0.717) is 6.10 Å². The van der Waals surface area contributed by atoms with E-state index in [2.05, 4.69) is 19.6 Å². The third-order valence-electron chi connectivity index (χ3n) is 1.24. The summed E-state index contributed by atoms with van der Waals surface area (Å²) in [6.45, 7) is 8.18. The number of rotatable bonds is 2. The molecule has 0 N–H and O–H groups in total. The molecule has 1 unspecified atom stereocenters. The number of epoxide rings is 1. The van der Waals surface area contributed by atoms with Crippen LogP contribution in [0, 0.1) is 0 Å². The molecule has 0 aromatic heterocycles. The van der Waals surface area contributed by atoms with E-state index in [1.807, 2.05) is 0 Å². The molecule has 1 aliphatic heterocycles. The van der Waals surface area contributed by atoms with Gasteiger partial charge in [-0.3, -0.25) is 0 Å². The molecule has 0 saturated carbocycles. The lowest BCUT2D eigenvalue weighted by atomic mass is 10.6. The molecule has 0 radical (unpaired) electrons. The average molecular weight is 130 g/mol. The van der Waals surface area contributed by atoms with Crippen molar-refractivity contribution in [3.05, 3.63) is 0 Å². The largest absolute Gasteiger partial charge is 0.373 e. The first-order chi connectivity index (χ1) is 3.58. The van der Waals surface area contributed by atoms with Crippen molar-refractivity contribution in [3.63, 3.8) is 0 Å². The standard InChI is InChI=1S/C6H14OSi/c1-8(2,3)5-6-4-7-6/h6H,4-5H2,1-3H3. The first kappa shape index (κ1) is 6.30. The van der Waals surface area contributed by atoms with E-state index in [-0.39, 0.29) is 0 Å². The van der Waals surface area contributed by atoms with Crippen LogP contribution in [0.1, 0.15) is 0 Å². The predicted octanol–water partition coefficient (Wildman–Crippen LogP) is 1.72. The van der Waals surface area contributed by atoms with E-state index in [4.69, 9.17) is 4.74 Å². The molecule has 2 heteroatoms. The molecule has 0 spiro atoms. The zero-order chi connectivity index (χ0) is 6.20. The minimum atomic E-state index is -0.783. The van der Waals surface area contributed by atoms with Gasteiger partial charge in [-0.05, 0) is 6.04 Å². The third kappa shape index (κ3) is 2.48. The molecular formula is C6H14OSi. The van der Waals surface area contributed by atoms with Crippen molar-refractivity contribution in [2.75, 3.05) is 6.61 Å². The number of hydrogen-bond donors (Lipinski definition) is 0.